The molecule has 1 amide bonds. The lowest BCUT2D eigenvalue weighted by molar-refractivity contribution is -0.115. The average Bonchev–Trinajstić information content (AvgIpc) is 2.90. The summed E-state index contributed by atoms with van der Waals surface area (Å²) in [5.41, 5.74) is 5.60. The highest BCUT2D eigenvalue weighted by atomic mass is 16.3. The molecule has 0 saturated heterocycles. The van der Waals surface area contributed by atoms with E-state index >= 15 is 0 Å². The first-order valence-corrected chi connectivity index (χ1v) is 6.81. The second-order valence-corrected chi connectivity index (χ2v) is 5.18. The number of carbonyl (C=O) groups is 1. The van der Waals surface area contributed by atoms with Gasteiger partial charge in [-0.25, -0.2) is 4.98 Å². The number of oxazole rings is 1. The number of hydrogen-bond donors (Lipinski definition) is 1. The molecule has 0 saturated carbocycles. The van der Waals surface area contributed by atoms with Gasteiger partial charge in [0.2, 0.25) is 5.91 Å². The molecule has 0 aliphatic rings. The summed E-state index contributed by atoms with van der Waals surface area (Å²) in [6.07, 6.45) is 1.72. The van der Waals surface area contributed by atoms with Crippen molar-refractivity contribution in [2.75, 3.05) is 5.32 Å². The molecule has 0 aliphatic heterocycles. The van der Waals surface area contributed by atoms with Gasteiger partial charge in [-0.1, -0.05) is 12.1 Å². The Hall–Kier alpha value is -2.62. The van der Waals surface area contributed by atoms with Gasteiger partial charge in [0.15, 0.2) is 12.0 Å². The average molecular weight is 280 g/mol. The van der Waals surface area contributed by atoms with E-state index < -0.39 is 0 Å². The summed E-state index contributed by atoms with van der Waals surface area (Å²) in [6.45, 7) is 4.08. The Kier molecular flexibility index (Phi) is 3.44. The van der Waals surface area contributed by atoms with Crippen LogP contribution in [0, 0.1) is 13.8 Å². The van der Waals surface area contributed by atoms with Crippen LogP contribution < -0.4 is 5.32 Å². The Bertz CT molecular complexity index is 805. The molecule has 0 radical (unpaired) electrons. The van der Waals surface area contributed by atoms with Crippen molar-refractivity contribution in [1.82, 2.24) is 4.98 Å². The van der Waals surface area contributed by atoms with Crippen molar-refractivity contribution in [3.8, 4) is 0 Å². The van der Waals surface area contributed by atoms with Crippen LogP contribution in [0.3, 0.4) is 0 Å². The largest absolute Gasteiger partial charge is 0.443 e. The summed E-state index contributed by atoms with van der Waals surface area (Å²) in [6, 6.07) is 11.5. The number of nitrogens with zero attached hydrogens (tertiary/aromatic N) is 1. The van der Waals surface area contributed by atoms with E-state index in [1.165, 1.54) is 12.0 Å². The molecule has 4 heteroatoms. The summed E-state index contributed by atoms with van der Waals surface area (Å²) in [5.74, 6) is -0.0443. The van der Waals surface area contributed by atoms with E-state index in [0.29, 0.717) is 12.0 Å². The van der Waals surface area contributed by atoms with Gasteiger partial charge in [-0.3, -0.25) is 4.79 Å². The number of benzene rings is 2. The minimum Gasteiger partial charge on any atom is -0.443 e. The maximum Gasteiger partial charge on any atom is 0.228 e. The predicted molar refractivity (Wildman–Crippen MR) is 82.3 cm³/mol. The Labute approximate surface area is 122 Å². The Morgan fingerprint density at radius 1 is 1.14 bits per heavy atom. The summed E-state index contributed by atoms with van der Waals surface area (Å²) >= 11 is 0. The smallest absolute Gasteiger partial charge is 0.228 e. The Morgan fingerprint density at radius 2 is 2.00 bits per heavy atom. The van der Waals surface area contributed by atoms with Crippen LogP contribution in [0.2, 0.25) is 0 Å². The van der Waals surface area contributed by atoms with Crippen LogP contribution in [-0.4, -0.2) is 10.9 Å². The summed E-state index contributed by atoms with van der Waals surface area (Å²) in [7, 11) is 0. The molecule has 3 aromatic rings. The van der Waals surface area contributed by atoms with E-state index in [-0.39, 0.29) is 5.91 Å². The molecule has 0 fully saturated rings. The number of aromatic nitrogens is 1. The first-order chi connectivity index (χ1) is 10.1. The monoisotopic (exact) mass is 280 g/mol. The SMILES string of the molecule is Cc1ccc(NC(=O)Cc2ccc3ncoc3c2)cc1C. The highest BCUT2D eigenvalue weighted by Crippen LogP contribution is 2.17. The van der Waals surface area contributed by atoms with Gasteiger partial charge in [-0.2, -0.15) is 0 Å². The van der Waals surface area contributed by atoms with Gasteiger partial charge in [0.1, 0.15) is 5.52 Å². The molecule has 106 valence electrons. The molecule has 0 aliphatic carbocycles. The number of nitrogens with one attached hydrogen (secondary N) is 1. The van der Waals surface area contributed by atoms with Crippen molar-refractivity contribution in [3.63, 3.8) is 0 Å². The van der Waals surface area contributed by atoms with Crippen molar-refractivity contribution in [2.24, 2.45) is 0 Å². The lowest BCUT2D eigenvalue weighted by atomic mass is 10.1. The topological polar surface area (TPSA) is 55.1 Å². The van der Waals surface area contributed by atoms with Gasteiger partial charge in [0, 0.05) is 5.69 Å². The zero-order chi connectivity index (χ0) is 14.8. The molecule has 3 rings (SSSR count). The fourth-order valence-corrected chi connectivity index (χ4v) is 2.22. The predicted octanol–water partition coefficient (Wildman–Crippen LogP) is 3.63. The molecule has 0 spiro atoms. The molecule has 0 bridgehead atoms. The van der Waals surface area contributed by atoms with Gasteiger partial charge < -0.3 is 9.73 Å². The van der Waals surface area contributed by atoms with Crippen molar-refractivity contribution >= 4 is 22.7 Å². The van der Waals surface area contributed by atoms with Crippen LogP contribution in [0.4, 0.5) is 5.69 Å². The number of amides is 1. The molecular weight excluding hydrogens is 264 g/mol. The minimum atomic E-state index is -0.0443. The van der Waals surface area contributed by atoms with E-state index in [9.17, 15) is 4.79 Å². The number of fused-ring (bicyclic) bond motifs is 1. The second-order valence-electron chi connectivity index (χ2n) is 5.18. The number of aryl methyl sites for hydroxylation is 2. The maximum atomic E-state index is 12.1. The molecule has 1 heterocycles. The van der Waals surface area contributed by atoms with Crippen LogP contribution in [0.5, 0.6) is 0 Å². The number of anilines is 1. The van der Waals surface area contributed by atoms with E-state index in [4.69, 9.17) is 4.42 Å². The first-order valence-electron chi connectivity index (χ1n) is 6.81. The molecule has 21 heavy (non-hydrogen) atoms. The molecule has 4 nitrogen and oxygen atoms in total. The number of rotatable bonds is 3. The van der Waals surface area contributed by atoms with Gasteiger partial charge in [-0.15, -0.1) is 0 Å². The molecule has 2 aromatic carbocycles. The van der Waals surface area contributed by atoms with Gasteiger partial charge in [0.25, 0.3) is 0 Å². The lowest BCUT2D eigenvalue weighted by Gasteiger charge is -2.07. The standard InChI is InChI=1S/C17H16N2O2/c1-11-3-5-14(7-12(11)2)19-17(20)9-13-4-6-15-16(8-13)21-10-18-15/h3-8,10H,9H2,1-2H3,(H,19,20). The Morgan fingerprint density at radius 3 is 2.81 bits per heavy atom. The van der Waals surface area contributed by atoms with Crippen molar-refractivity contribution in [3.05, 3.63) is 59.5 Å². The zero-order valence-electron chi connectivity index (χ0n) is 12.0. The third-order valence-corrected chi connectivity index (χ3v) is 3.55. The lowest BCUT2D eigenvalue weighted by Crippen LogP contribution is -2.14. The zero-order valence-corrected chi connectivity index (χ0v) is 12.0. The van der Waals surface area contributed by atoms with Crippen molar-refractivity contribution < 1.29 is 9.21 Å². The van der Waals surface area contributed by atoms with E-state index in [2.05, 4.69) is 10.3 Å². The molecule has 1 aromatic heterocycles. The normalized spacial score (nSPS) is 10.8. The molecule has 1 N–H and O–H groups in total. The third-order valence-electron chi connectivity index (χ3n) is 3.55. The fraction of sp³-hybridized carbons (Fsp3) is 0.176. The molecule has 0 unspecified atom stereocenters. The summed E-state index contributed by atoms with van der Waals surface area (Å²) in [5, 5.41) is 2.92. The van der Waals surface area contributed by atoms with Crippen LogP contribution in [0.25, 0.3) is 11.1 Å². The highest BCUT2D eigenvalue weighted by molar-refractivity contribution is 5.92. The minimum absolute atomic E-state index is 0.0443. The van der Waals surface area contributed by atoms with Crippen LogP contribution in [0.15, 0.2) is 47.2 Å². The van der Waals surface area contributed by atoms with Gasteiger partial charge in [-0.05, 0) is 54.8 Å². The van der Waals surface area contributed by atoms with Crippen molar-refractivity contribution in [1.29, 1.82) is 0 Å². The highest BCUT2D eigenvalue weighted by Gasteiger charge is 2.07. The summed E-state index contributed by atoms with van der Waals surface area (Å²) < 4.78 is 5.24. The van der Waals surface area contributed by atoms with E-state index in [1.807, 2.05) is 50.2 Å². The fourth-order valence-electron chi connectivity index (χ4n) is 2.22. The quantitative estimate of drug-likeness (QED) is 0.797. The van der Waals surface area contributed by atoms with Crippen molar-refractivity contribution in [2.45, 2.75) is 20.3 Å². The van der Waals surface area contributed by atoms with Gasteiger partial charge in [0.05, 0.1) is 6.42 Å². The van der Waals surface area contributed by atoms with E-state index in [1.54, 1.807) is 0 Å². The van der Waals surface area contributed by atoms with Crippen LogP contribution >= 0.6 is 0 Å². The first kappa shape index (κ1) is 13.4. The maximum absolute atomic E-state index is 12.1. The number of carbonyl (C=O) groups excluding carboxylic acids is 1. The number of hydrogen-bond acceptors (Lipinski definition) is 3. The van der Waals surface area contributed by atoms with Gasteiger partial charge >= 0.3 is 0 Å². The molecule has 0 atom stereocenters. The second kappa shape index (κ2) is 5.40. The van der Waals surface area contributed by atoms with E-state index in [0.717, 1.165) is 22.3 Å². The third kappa shape index (κ3) is 2.94. The Balaban J connectivity index is 1.71. The van der Waals surface area contributed by atoms with Crippen LogP contribution in [-0.2, 0) is 11.2 Å². The summed E-state index contributed by atoms with van der Waals surface area (Å²) in [4.78, 5) is 16.2. The van der Waals surface area contributed by atoms with Crippen LogP contribution in [0.1, 0.15) is 16.7 Å². The molecular formula is C17H16N2O2.